The number of hydrogen-bond donors (Lipinski definition) is 0. The molecule has 1 aromatic heterocycles. The molecule has 1 aromatic carbocycles. The van der Waals surface area contributed by atoms with Crippen molar-refractivity contribution in [3.8, 4) is 5.69 Å². The Morgan fingerprint density at radius 3 is 2.21 bits per heavy atom. The molecule has 8 heteroatoms. The van der Waals surface area contributed by atoms with Crippen LogP contribution in [-0.2, 0) is 6.54 Å². The van der Waals surface area contributed by atoms with Crippen molar-refractivity contribution in [2.24, 2.45) is 0 Å². The van der Waals surface area contributed by atoms with Gasteiger partial charge in [-0.25, -0.2) is 4.79 Å². The number of carbonyl (C=O) groups is 1. The van der Waals surface area contributed by atoms with E-state index in [1.807, 2.05) is 13.8 Å². The molecule has 7 nitrogen and oxygen atoms in total. The zero-order chi connectivity index (χ0) is 17.9. The lowest BCUT2D eigenvalue weighted by molar-refractivity contribution is 0.0761. The Morgan fingerprint density at radius 2 is 1.71 bits per heavy atom. The number of nitrogens with zero attached hydrogens (tertiary/aromatic N) is 4. The van der Waals surface area contributed by atoms with Crippen molar-refractivity contribution in [2.45, 2.75) is 27.3 Å². The average Bonchev–Trinajstić information content (AvgIpc) is 2.57. The Labute approximate surface area is 144 Å². The molecule has 0 aliphatic heterocycles. The van der Waals surface area contributed by atoms with Gasteiger partial charge in [-0.05, 0) is 45.0 Å². The van der Waals surface area contributed by atoms with Gasteiger partial charge in [0.2, 0.25) is 5.69 Å². The Balaban J connectivity index is 2.71. The third kappa shape index (κ3) is 3.26. The molecule has 0 bridgehead atoms. The van der Waals surface area contributed by atoms with Crippen molar-refractivity contribution in [2.75, 3.05) is 13.1 Å². The van der Waals surface area contributed by atoms with E-state index in [-0.39, 0.29) is 12.2 Å². The summed E-state index contributed by atoms with van der Waals surface area (Å²) in [5.41, 5.74) is -1.11. The van der Waals surface area contributed by atoms with Crippen LogP contribution in [0.1, 0.15) is 31.3 Å². The van der Waals surface area contributed by atoms with Gasteiger partial charge in [0.15, 0.2) is 0 Å². The molecule has 0 aliphatic carbocycles. The number of hydrogen-bond acceptors (Lipinski definition) is 4. The van der Waals surface area contributed by atoms with Crippen LogP contribution in [0.5, 0.6) is 0 Å². The molecule has 0 saturated carbocycles. The van der Waals surface area contributed by atoms with E-state index in [0.717, 1.165) is 9.25 Å². The van der Waals surface area contributed by atoms with Gasteiger partial charge < -0.3 is 4.90 Å². The first-order chi connectivity index (χ1) is 11.4. The molecular formula is C16H19ClN4O3. The molecule has 24 heavy (non-hydrogen) atoms. The molecule has 1 amide bonds. The molecule has 0 spiro atoms. The monoisotopic (exact) mass is 350 g/mol. The molecule has 0 aliphatic rings. The fourth-order valence-electron chi connectivity index (χ4n) is 2.34. The highest BCUT2D eigenvalue weighted by atomic mass is 35.5. The summed E-state index contributed by atoms with van der Waals surface area (Å²) in [5, 5.41) is 4.54. The van der Waals surface area contributed by atoms with Gasteiger partial charge in [0.25, 0.3) is 11.5 Å². The highest BCUT2D eigenvalue weighted by Gasteiger charge is 2.22. The molecule has 0 unspecified atom stereocenters. The third-order valence-corrected chi connectivity index (χ3v) is 3.95. The van der Waals surface area contributed by atoms with Gasteiger partial charge in [0, 0.05) is 24.7 Å². The lowest BCUT2D eigenvalue weighted by Gasteiger charge is -2.18. The first-order valence-corrected chi connectivity index (χ1v) is 8.11. The number of carbonyl (C=O) groups excluding carboxylic acids is 1. The summed E-state index contributed by atoms with van der Waals surface area (Å²) in [5.74, 6) is -0.491. The molecule has 1 heterocycles. The predicted molar refractivity (Wildman–Crippen MR) is 92.0 cm³/mol. The average molecular weight is 351 g/mol. The van der Waals surface area contributed by atoms with Crippen LogP contribution in [0.25, 0.3) is 5.69 Å². The molecule has 0 saturated heterocycles. The SMILES string of the molecule is CCN(CC)C(=O)c1nn(-c2ccc(Cl)cc2)c(=O)n(CC)c1=O. The number of rotatable bonds is 5. The second kappa shape index (κ2) is 7.44. The van der Waals surface area contributed by atoms with Gasteiger partial charge in [-0.3, -0.25) is 14.2 Å². The normalized spacial score (nSPS) is 10.7. The second-order valence-corrected chi connectivity index (χ2v) is 5.48. The van der Waals surface area contributed by atoms with Crippen LogP contribution in [0.4, 0.5) is 0 Å². The third-order valence-electron chi connectivity index (χ3n) is 3.70. The van der Waals surface area contributed by atoms with Crippen LogP contribution < -0.4 is 11.2 Å². The van der Waals surface area contributed by atoms with Crippen LogP contribution in [0.15, 0.2) is 33.9 Å². The molecular weight excluding hydrogens is 332 g/mol. The second-order valence-electron chi connectivity index (χ2n) is 5.05. The minimum Gasteiger partial charge on any atom is -0.338 e. The van der Waals surface area contributed by atoms with Crippen molar-refractivity contribution in [1.29, 1.82) is 0 Å². The van der Waals surface area contributed by atoms with E-state index in [4.69, 9.17) is 11.6 Å². The smallest absolute Gasteiger partial charge is 0.338 e. The summed E-state index contributed by atoms with van der Waals surface area (Å²) in [4.78, 5) is 39.0. The minimum absolute atomic E-state index is 0.145. The fraction of sp³-hybridized carbons (Fsp3) is 0.375. The van der Waals surface area contributed by atoms with Crippen molar-refractivity contribution in [1.82, 2.24) is 19.2 Å². The van der Waals surface area contributed by atoms with E-state index in [1.165, 1.54) is 4.90 Å². The molecule has 2 rings (SSSR count). The first kappa shape index (κ1) is 17.9. The minimum atomic E-state index is -0.676. The Morgan fingerprint density at radius 1 is 1.12 bits per heavy atom. The van der Waals surface area contributed by atoms with E-state index in [0.29, 0.717) is 23.8 Å². The van der Waals surface area contributed by atoms with E-state index < -0.39 is 17.2 Å². The van der Waals surface area contributed by atoms with E-state index >= 15 is 0 Å². The summed E-state index contributed by atoms with van der Waals surface area (Å²) < 4.78 is 2.05. The standard InChI is InChI=1S/C16H19ClN4O3/c1-4-19(5-2)14(22)13-15(23)20(6-3)16(24)21(18-13)12-9-7-11(17)8-10-12/h7-10H,4-6H2,1-3H3. The highest BCUT2D eigenvalue weighted by molar-refractivity contribution is 6.30. The van der Waals surface area contributed by atoms with Crippen LogP contribution in [0, 0.1) is 0 Å². The van der Waals surface area contributed by atoms with Gasteiger partial charge in [-0.1, -0.05) is 11.6 Å². The molecule has 0 atom stereocenters. The van der Waals surface area contributed by atoms with E-state index in [1.54, 1.807) is 31.2 Å². The summed E-state index contributed by atoms with van der Waals surface area (Å²) >= 11 is 5.86. The van der Waals surface area contributed by atoms with Crippen LogP contribution in [0.2, 0.25) is 5.02 Å². The van der Waals surface area contributed by atoms with Crippen LogP contribution in [0.3, 0.4) is 0 Å². The molecule has 0 fully saturated rings. The molecule has 2 aromatic rings. The summed E-state index contributed by atoms with van der Waals surface area (Å²) in [6, 6.07) is 6.43. The Kier molecular flexibility index (Phi) is 5.56. The number of aromatic nitrogens is 3. The topological polar surface area (TPSA) is 77.2 Å². The van der Waals surface area contributed by atoms with Crippen molar-refractivity contribution in [3.63, 3.8) is 0 Å². The number of halogens is 1. The van der Waals surface area contributed by atoms with Gasteiger partial charge in [-0.2, -0.15) is 9.78 Å². The first-order valence-electron chi connectivity index (χ1n) is 7.73. The predicted octanol–water partition coefficient (Wildman–Crippen LogP) is 1.55. The zero-order valence-corrected chi connectivity index (χ0v) is 14.6. The molecule has 128 valence electrons. The Hall–Kier alpha value is -2.41. The van der Waals surface area contributed by atoms with E-state index in [2.05, 4.69) is 5.10 Å². The van der Waals surface area contributed by atoms with Crippen molar-refractivity contribution >= 4 is 17.5 Å². The fourth-order valence-corrected chi connectivity index (χ4v) is 2.46. The highest BCUT2D eigenvalue weighted by Crippen LogP contribution is 2.11. The molecule has 0 radical (unpaired) electrons. The van der Waals surface area contributed by atoms with Crippen LogP contribution >= 0.6 is 11.6 Å². The van der Waals surface area contributed by atoms with E-state index in [9.17, 15) is 14.4 Å². The van der Waals surface area contributed by atoms with Gasteiger partial charge in [-0.15, -0.1) is 0 Å². The van der Waals surface area contributed by atoms with Gasteiger partial charge in [0.05, 0.1) is 5.69 Å². The van der Waals surface area contributed by atoms with Crippen LogP contribution in [-0.4, -0.2) is 38.2 Å². The number of amides is 1. The maximum Gasteiger partial charge on any atom is 0.352 e. The quantitative estimate of drug-likeness (QED) is 0.819. The number of benzene rings is 1. The van der Waals surface area contributed by atoms with Gasteiger partial charge >= 0.3 is 5.69 Å². The maximum atomic E-state index is 12.6. The lowest BCUT2D eigenvalue weighted by atomic mass is 10.3. The maximum absolute atomic E-state index is 12.6. The van der Waals surface area contributed by atoms with Crippen molar-refractivity contribution < 1.29 is 4.79 Å². The Bertz CT molecular complexity index is 851. The lowest BCUT2D eigenvalue weighted by Crippen LogP contribution is -2.46. The van der Waals surface area contributed by atoms with Gasteiger partial charge in [0.1, 0.15) is 0 Å². The summed E-state index contributed by atoms with van der Waals surface area (Å²) in [6.07, 6.45) is 0. The summed E-state index contributed by atoms with van der Waals surface area (Å²) in [7, 11) is 0. The summed E-state index contributed by atoms with van der Waals surface area (Å²) in [6.45, 7) is 6.34. The van der Waals surface area contributed by atoms with Crippen molar-refractivity contribution in [3.05, 3.63) is 55.8 Å². The largest absolute Gasteiger partial charge is 0.352 e. The molecule has 0 N–H and O–H groups in total. The zero-order valence-electron chi connectivity index (χ0n) is 13.8.